The van der Waals surface area contributed by atoms with Crippen LogP contribution in [0.4, 0.5) is 11.4 Å². The van der Waals surface area contributed by atoms with Gasteiger partial charge in [-0.05, 0) is 72.1 Å². The van der Waals surface area contributed by atoms with Crippen molar-refractivity contribution in [1.82, 2.24) is 4.90 Å². The van der Waals surface area contributed by atoms with Gasteiger partial charge >= 0.3 is 0 Å². The normalized spacial score (nSPS) is 20.6. The van der Waals surface area contributed by atoms with Gasteiger partial charge in [-0.1, -0.05) is 85.9 Å². The van der Waals surface area contributed by atoms with Crippen molar-refractivity contribution in [2.24, 2.45) is 5.92 Å². The van der Waals surface area contributed by atoms with E-state index in [1.165, 1.54) is 10.8 Å². The summed E-state index contributed by atoms with van der Waals surface area (Å²) in [7, 11) is 0.861. The molecule has 0 saturated heterocycles. The minimum atomic E-state index is -2.51. The molecule has 5 aromatic carbocycles. The molecule has 0 fully saturated rings. The molecule has 5 atom stereocenters. The van der Waals surface area contributed by atoms with E-state index in [4.69, 9.17) is 18.9 Å². The van der Waals surface area contributed by atoms with Crippen LogP contribution in [0.2, 0.25) is 18.6 Å². The van der Waals surface area contributed by atoms with Crippen LogP contribution in [-0.4, -0.2) is 62.9 Å². The van der Waals surface area contributed by atoms with Gasteiger partial charge in [-0.15, -0.1) is 0 Å². The number of benzene rings is 5. The fourth-order valence-electron chi connectivity index (χ4n) is 8.93. The molecular formula is C46H48N2O7Si. The Hall–Kier alpha value is -5.42. The van der Waals surface area contributed by atoms with Crippen LogP contribution in [0.15, 0.2) is 115 Å². The summed E-state index contributed by atoms with van der Waals surface area (Å²) < 4.78 is 25.2. The van der Waals surface area contributed by atoms with Gasteiger partial charge < -0.3 is 29.0 Å². The molecule has 1 unspecified atom stereocenters. The van der Waals surface area contributed by atoms with Gasteiger partial charge in [0.1, 0.15) is 23.4 Å². The van der Waals surface area contributed by atoms with Crippen LogP contribution < -0.4 is 24.3 Å². The molecule has 3 heterocycles. The number of para-hydroxylation sites is 3. The first kappa shape index (κ1) is 37.5. The number of fused-ring (bicyclic) bond motifs is 4. The summed E-state index contributed by atoms with van der Waals surface area (Å²) in [6.45, 7) is 7.10. The zero-order chi connectivity index (χ0) is 39.1. The molecule has 3 aliphatic heterocycles. The molecule has 0 aromatic heterocycles. The summed E-state index contributed by atoms with van der Waals surface area (Å²) in [4.78, 5) is 32.5. The first-order chi connectivity index (χ1) is 27.1. The monoisotopic (exact) mass is 768 g/mol. The van der Waals surface area contributed by atoms with Crippen LogP contribution in [0.1, 0.15) is 46.5 Å². The number of amides is 2. The van der Waals surface area contributed by atoms with Crippen molar-refractivity contribution >= 4 is 36.4 Å². The topological polar surface area (TPSA) is 97.8 Å². The van der Waals surface area contributed by atoms with E-state index in [9.17, 15) is 14.7 Å². The summed E-state index contributed by atoms with van der Waals surface area (Å²) in [5.41, 5.74) is 4.71. The van der Waals surface area contributed by atoms with Crippen molar-refractivity contribution in [3.8, 4) is 23.0 Å². The van der Waals surface area contributed by atoms with Crippen LogP contribution in [0.25, 0.3) is 0 Å². The van der Waals surface area contributed by atoms with Crippen LogP contribution in [0.3, 0.4) is 0 Å². The maximum Gasteiger partial charge on any atom is 0.266 e. The lowest BCUT2D eigenvalue weighted by Gasteiger charge is -2.46. The average Bonchev–Trinajstić information content (AvgIpc) is 3.35. The molecule has 0 saturated carbocycles. The highest BCUT2D eigenvalue weighted by atomic mass is 28.3. The summed E-state index contributed by atoms with van der Waals surface area (Å²) in [5.74, 6) is 2.15. The van der Waals surface area contributed by atoms with E-state index >= 15 is 0 Å². The van der Waals surface area contributed by atoms with Crippen LogP contribution in [0, 0.1) is 5.92 Å². The van der Waals surface area contributed by atoms with E-state index in [1.54, 1.807) is 25.2 Å². The predicted molar refractivity (Wildman–Crippen MR) is 219 cm³/mol. The molecule has 3 aliphatic rings. The summed E-state index contributed by atoms with van der Waals surface area (Å²) in [6.07, 6.45) is 0.0923. The number of carbonyl (C=O) groups is 2. The molecule has 56 heavy (non-hydrogen) atoms. The van der Waals surface area contributed by atoms with Crippen LogP contribution in [0.5, 0.6) is 23.0 Å². The molecule has 5 aromatic rings. The van der Waals surface area contributed by atoms with Gasteiger partial charge in [0, 0.05) is 37.1 Å². The molecule has 10 heteroatoms. The van der Waals surface area contributed by atoms with Gasteiger partial charge in [0.05, 0.1) is 50.9 Å². The van der Waals surface area contributed by atoms with Crippen molar-refractivity contribution in [2.45, 2.75) is 63.2 Å². The minimum absolute atomic E-state index is 0.00407. The van der Waals surface area contributed by atoms with Crippen molar-refractivity contribution < 1.29 is 33.6 Å². The van der Waals surface area contributed by atoms with Crippen LogP contribution in [-0.2, 0) is 22.5 Å². The Morgan fingerprint density at radius 2 is 1.57 bits per heavy atom. The fraction of sp³-hybridized carbons (Fsp3) is 0.304. The Bertz CT molecular complexity index is 2260. The standard InChI is InChI=1S/C46H48N2O7Si/c1-29-44(53-3)37-25-32(48-38-15-9-11-17-41(38)54-39-16-10-8-14-36(39)46(48)51)18-23-40(37)55-45(29)42(56(4,5)35-21-19-34(52-2)20-22-35)26-43(50)47-27-31-13-7-6-12-30(31)24-33(47)28-49/h6-23,25,29,33,42,44-45,49H,24,26-28H2,1-5H3/t29-,33+,42?,44-,45-/m1/s1. The van der Waals surface area contributed by atoms with E-state index in [0.29, 0.717) is 47.2 Å². The van der Waals surface area contributed by atoms with Crippen molar-refractivity contribution in [3.05, 3.63) is 138 Å². The molecule has 2 amide bonds. The summed E-state index contributed by atoms with van der Waals surface area (Å²) in [5, 5.41) is 11.7. The number of carbonyl (C=O) groups excluding carboxylic acids is 2. The lowest BCUT2D eigenvalue weighted by molar-refractivity contribution is -0.136. The predicted octanol–water partition coefficient (Wildman–Crippen LogP) is 8.19. The van der Waals surface area contributed by atoms with E-state index in [-0.39, 0.29) is 48.4 Å². The third-order valence-electron chi connectivity index (χ3n) is 12.2. The molecule has 8 rings (SSSR count). The van der Waals surface area contributed by atoms with Crippen molar-refractivity contribution in [3.63, 3.8) is 0 Å². The Labute approximate surface area is 329 Å². The molecule has 9 nitrogen and oxygen atoms in total. The zero-order valence-electron chi connectivity index (χ0n) is 32.5. The lowest BCUT2D eigenvalue weighted by Crippen LogP contribution is -2.56. The second kappa shape index (κ2) is 15.3. The maximum absolute atomic E-state index is 14.7. The zero-order valence-corrected chi connectivity index (χ0v) is 33.5. The van der Waals surface area contributed by atoms with Gasteiger partial charge in [0.25, 0.3) is 5.91 Å². The third-order valence-corrected chi connectivity index (χ3v) is 16.4. The van der Waals surface area contributed by atoms with Crippen molar-refractivity contribution in [1.29, 1.82) is 0 Å². The summed E-state index contributed by atoms with van der Waals surface area (Å²) >= 11 is 0. The highest BCUT2D eigenvalue weighted by molar-refractivity contribution is 6.91. The first-order valence-corrected chi connectivity index (χ1v) is 22.4. The minimum Gasteiger partial charge on any atom is -0.497 e. The Balaban J connectivity index is 1.17. The SMILES string of the molecule is COc1ccc([Si](C)(C)C(CC(=O)N2Cc3ccccc3C[C@H]2CO)[C@@H]2Oc3ccc(N4C(=O)c5ccccc5Oc5ccccc54)cc3[C@H](OC)[C@H]2C)cc1. The third kappa shape index (κ3) is 6.65. The maximum atomic E-state index is 14.7. The number of methoxy groups -OCH3 is 2. The van der Waals surface area contributed by atoms with Gasteiger partial charge in [-0.2, -0.15) is 0 Å². The Morgan fingerprint density at radius 3 is 2.30 bits per heavy atom. The number of hydrogen-bond donors (Lipinski definition) is 1. The molecular weight excluding hydrogens is 721 g/mol. The first-order valence-electron chi connectivity index (χ1n) is 19.3. The Morgan fingerprint density at radius 1 is 0.875 bits per heavy atom. The quantitative estimate of drug-likeness (QED) is 0.151. The van der Waals surface area contributed by atoms with E-state index < -0.39 is 14.2 Å². The van der Waals surface area contributed by atoms with Gasteiger partial charge in [-0.3, -0.25) is 14.5 Å². The molecule has 0 aliphatic carbocycles. The highest BCUT2D eigenvalue weighted by Crippen LogP contribution is 2.50. The highest BCUT2D eigenvalue weighted by Gasteiger charge is 2.49. The number of hydrogen-bond acceptors (Lipinski definition) is 7. The number of rotatable bonds is 9. The van der Waals surface area contributed by atoms with E-state index in [2.05, 4.69) is 44.3 Å². The largest absolute Gasteiger partial charge is 0.497 e. The second-order valence-corrected chi connectivity index (χ2v) is 20.4. The molecule has 1 N–H and O–H groups in total. The molecule has 288 valence electrons. The lowest BCUT2D eigenvalue weighted by atomic mass is 9.86. The molecule has 0 radical (unpaired) electrons. The number of nitrogens with zero attached hydrogens (tertiary/aromatic N) is 2. The second-order valence-electron chi connectivity index (χ2n) is 15.6. The number of aliphatic hydroxyl groups is 1. The fourth-order valence-corrected chi connectivity index (χ4v) is 12.3. The molecule has 0 spiro atoms. The smallest absolute Gasteiger partial charge is 0.266 e. The summed E-state index contributed by atoms with van der Waals surface area (Å²) in [6, 6.07) is 36.7. The number of aliphatic hydroxyl groups excluding tert-OH is 1. The average molecular weight is 769 g/mol. The number of ether oxygens (including phenoxy) is 4. The van der Waals surface area contributed by atoms with Crippen molar-refractivity contribution in [2.75, 3.05) is 25.7 Å². The van der Waals surface area contributed by atoms with E-state index in [1.807, 2.05) is 89.8 Å². The van der Waals surface area contributed by atoms with Crippen LogP contribution >= 0.6 is 0 Å². The Kier molecular flexibility index (Phi) is 10.2. The van der Waals surface area contributed by atoms with Gasteiger partial charge in [-0.25, -0.2) is 0 Å². The van der Waals surface area contributed by atoms with E-state index in [0.717, 1.165) is 16.9 Å². The van der Waals surface area contributed by atoms with Gasteiger partial charge in [0.2, 0.25) is 5.91 Å². The number of anilines is 2. The molecule has 0 bridgehead atoms. The van der Waals surface area contributed by atoms with Gasteiger partial charge in [0.15, 0.2) is 5.75 Å².